The molecule has 0 fully saturated rings. The molecule has 2 N–H and O–H groups in total. The van der Waals surface area contributed by atoms with Gasteiger partial charge in [0.1, 0.15) is 12.4 Å². The number of fused-ring (bicyclic) bond motifs is 1. The van der Waals surface area contributed by atoms with Gasteiger partial charge in [-0.05, 0) is 43.3 Å². The first-order chi connectivity index (χ1) is 13.1. The fraction of sp³-hybridized carbons (Fsp3) is 0.263. The SMILES string of the molecule is CCOC(=O)Oc1ccc(NC(=O)NCC2COc3ccccc3O2)cc1. The van der Waals surface area contributed by atoms with Crippen LogP contribution < -0.4 is 24.8 Å². The number of hydrogen-bond acceptors (Lipinski definition) is 6. The van der Waals surface area contributed by atoms with Crippen molar-refractivity contribution in [2.75, 3.05) is 25.1 Å². The summed E-state index contributed by atoms with van der Waals surface area (Å²) in [4.78, 5) is 23.3. The number of hydrogen-bond donors (Lipinski definition) is 2. The molecule has 3 rings (SSSR count). The molecule has 0 bridgehead atoms. The highest BCUT2D eigenvalue weighted by Gasteiger charge is 2.21. The Kier molecular flexibility index (Phi) is 5.98. The molecule has 1 aliphatic heterocycles. The van der Waals surface area contributed by atoms with E-state index in [0.717, 1.165) is 0 Å². The van der Waals surface area contributed by atoms with Gasteiger partial charge in [0.2, 0.25) is 0 Å². The van der Waals surface area contributed by atoms with Gasteiger partial charge in [-0.15, -0.1) is 0 Å². The minimum Gasteiger partial charge on any atom is -0.486 e. The molecule has 8 nitrogen and oxygen atoms in total. The van der Waals surface area contributed by atoms with E-state index in [0.29, 0.717) is 36.1 Å². The number of urea groups is 1. The maximum Gasteiger partial charge on any atom is 0.513 e. The van der Waals surface area contributed by atoms with Gasteiger partial charge in [0, 0.05) is 5.69 Å². The second kappa shape index (κ2) is 8.79. The van der Waals surface area contributed by atoms with Crippen LogP contribution in [0.5, 0.6) is 17.2 Å². The van der Waals surface area contributed by atoms with Crippen molar-refractivity contribution in [2.45, 2.75) is 13.0 Å². The van der Waals surface area contributed by atoms with Gasteiger partial charge in [-0.2, -0.15) is 0 Å². The van der Waals surface area contributed by atoms with E-state index in [1.807, 2.05) is 24.3 Å². The Morgan fingerprint density at radius 2 is 1.85 bits per heavy atom. The number of para-hydroxylation sites is 2. The lowest BCUT2D eigenvalue weighted by Crippen LogP contribution is -2.42. The monoisotopic (exact) mass is 372 g/mol. The van der Waals surface area contributed by atoms with E-state index < -0.39 is 6.16 Å². The molecule has 0 saturated carbocycles. The molecular weight excluding hydrogens is 352 g/mol. The highest BCUT2D eigenvalue weighted by Crippen LogP contribution is 2.30. The molecule has 1 atom stereocenters. The van der Waals surface area contributed by atoms with Crippen LogP contribution >= 0.6 is 0 Å². The summed E-state index contributed by atoms with van der Waals surface area (Å²) in [5.41, 5.74) is 0.551. The Hall–Kier alpha value is -3.42. The molecule has 0 aromatic heterocycles. The minimum absolute atomic E-state index is 0.236. The lowest BCUT2D eigenvalue weighted by molar-refractivity contribution is 0.0922. The molecule has 0 spiro atoms. The Morgan fingerprint density at radius 1 is 1.11 bits per heavy atom. The molecule has 1 unspecified atom stereocenters. The van der Waals surface area contributed by atoms with E-state index in [1.54, 1.807) is 31.2 Å². The van der Waals surface area contributed by atoms with Gasteiger partial charge in [0.05, 0.1) is 13.2 Å². The second-order valence-electron chi connectivity index (χ2n) is 5.64. The van der Waals surface area contributed by atoms with Crippen LogP contribution in [0, 0.1) is 0 Å². The average Bonchev–Trinajstić information content (AvgIpc) is 2.68. The molecule has 27 heavy (non-hydrogen) atoms. The van der Waals surface area contributed by atoms with Crippen LogP contribution in [-0.4, -0.2) is 38.0 Å². The molecule has 8 heteroatoms. The van der Waals surface area contributed by atoms with Crippen molar-refractivity contribution in [3.05, 3.63) is 48.5 Å². The molecule has 0 aliphatic carbocycles. The van der Waals surface area contributed by atoms with Gasteiger partial charge in [0.15, 0.2) is 17.6 Å². The van der Waals surface area contributed by atoms with Gasteiger partial charge >= 0.3 is 12.2 Å². The van der Waals surface area contributed by atoms with Crippen molar-refractivity contribution in [1.29, 1.82) is 0 Å². The summed E-state index contributed by atoms with van der Waals surface area (Å²) in [5, 5.41) is 5.42. The Morgan fingerprint density at radius 3 is 2.59 bits per heavy atom. The van der Waals surface area contributed by atoms with Crippen LogP contribution in [0.4, 0.5) is 15.3 Å². The predicted molar refractivity (Wildman–Crippen MR) is 97.5 cm³/mol. The summed E-state index contributed by atoms with van der Waals surface area (Å²) in [7, 11) is 0. The summed E-state index contributed by atoms with van der Waals surface area (Å²) in [6.07, 6.45) is -1.04. The molecule has 2 aromatic rings. The molecule has 0 saturated heterocycles. The molecule has 1 heterocycles. The fourth-order valence-electron chi connectivity index (χ4n) is 2.40. The number of benzene rings is 2. The number of amides is 2. The normalized spacial score (nSPS) is 14.8. The average molecular weight is 372 g/mol. The maximum atomic E-state index is 12.0. The molecule has 1 aliphatic rings. The quantitative estimate of drug-likeness (QED) is 0.618. The Labute approximate surface area is 156 Å². The first kappa shape index (κ1) is 18.4. The Balaban J connectivity index is 1.44. The molecule has 142 valence electrons. The molecule has 2 aromatic carbocycles. The summed E-state index contributed by atoms with van der Waals surface area (Å²) in [5.74, 6) is 1.68. The smallest absolute Gasteiger partial charge is 0.486 e. The maximum absolute atomic E-state index is 12.0. The third-order valence-electron chi connectivity index (χ3n) is 3.63. The van der Waals surface area contributed by atoms with Crippen molar-refractivity contribution in [1.82, 2.24) is 5.32 Å². The van der Waals surface area contributed by atoms with Crippen LogP contribution in [0.3, 0.4) is 0 Å². The topological polar surface area (TPSA) is 95.1 Å². The van der Waals surface area contributed by atoms with Crippen LogP contribution in [0.1, 0.15) is 6.92 Å². The number of carbonyl (C=O) groups is 2. The standard InChI is InChI=1S/C19H20N2O6/c1-2-24-19(23)27-14-9-7-13(8-10-14)21-18(22)20-11-15-12-25-16-5-3-4-6-17(16)26-15/h3-10,15H,2,11-12H2,1H3,(H2,20,21,22). The van der Waals surface area contributed by atoms with Crippen LogP contribution in [0.15, 0.2) is 48.5 Å². The zero-order chi connectivity index (χ0) is 19.1. The van der Waals surface area contributed by atoms with Gasteiger partial charge in [-0.3, -0.25) is 0 Å². The largest absolute Gasteiger partial charge is 0.513 e. The van der Waals surface area contributed by atoms with Crippen LogP contribution in [0.25, 0.3) is 0 Å². The molecule has 2 amide bonds. The third-order valence-corrected chi connectivity index (χ3v) is 3.63. The van der Waals surface area contributed by atoms with Crippen LogP contribution in [-0.2, 0) is 4.74 Å². The second-order valence-corrected chi connectivity index (χ2v) is 5.64. The third kappa shape index (κ3) is 5.27. The summed E-state index contributed by atoms with van der Waals surface area (Å²) >= 11 is 0. The number of nitrogens with one attached hydrogen (secondary N) is 2. The summed E-state index contributed by atoms with van der Waals surface area (Å²) in [6.45, 7) is 2.58. The van der Waals surface area contributed by atoms with Gasteiger partial charge < -0.3 is 29.6 Å². The fourth-order valence-corrected chi connectivity index (χ4v) is 2.40. The zero-order valence-corrected chi connectivity index (χ0v) is 14.8. The lowest BCUT2D eigenvalue weighted by Gasteiger charge is -2.26. The van der Waals surface area contributed by atoms with Crippen molar-refractivity contribution >= 4 is 17.9 Å². The van der Waals surface area contributed by atoms with Crippen molar-refractivity contribution in [2.24, 2.45) is 0 Å². The van der Waals surface area contributed by atoms with Crippen molar-refractivity contribution in [3.63, 3.8) is 0 Å². The number of rotatable bonds is 5. The van der Waals surface area contributed by atoms with E-state index in [9.17, 15) is 9.59 Å². The van der Waals surface area contributed by atoms with E-state index in [4.69, 9.17) is 14.2 Å². The highest BCUT2D eigenvalue weighted by atomic mass is 16.7. The first-order valence-electron chi connectivity index (χ1n) is 8.52. The van der Waals surface area contributed by atoms with E-state index in [-0.39, 0.29) is 18.7 Å². The van der Waals surface area contributed by atoms with Gasteiger partial charge in [-0.25, -0.2) is 9.59 Å². The van der Waals surface area contributed by atoms with Crippen molar-refractivity contribution in [3.8, 4) is 17.2 Å². The van der Waals surface area contributed by atoms with E-state index >= 15 is 0 Å². The Bertz CT molecular complexity index is 793. The van der Waals surface area contributed by atoms with E-state index in [1.165, 1.54) is 0 Å². The molecule has 0 radical (unpaired) electrons. The number of anilines is 1. The number of ether oxygens (including phenoxy) is 4. The van der Waals surface area contributed by atoms with Crippen LogP contribution in [0.2, 0.25) is 0 Å². The zero-order valence-electron chi connectivity index (χ0n) is 14.8. The highest BCUT2D eigenvalue weighted by molar-refractivity contribution is 5.89. The summed E-state index contributed by atoms with van der Waals surface area (Å²) in [6, 6.07) is 13.4. The number of carbonyl (C=O) groups excluding carboxylic acids is 2. The summed E-state index contributed by atoms with van der Waals surface area (Å²) < 4.78 is 21.0. The van der Waals surface area contributed by atoms with Crippen molar-refractivity contribution < 1.29 is 28.5 Å². The van der Waals surface area contributed by atoms with Gasteiger partial charge in [0.25, 0.3) is 0 Å². The first-order valence-corrected chi connectivity index (χ1v) is 8.52. The predicted octanol–water partition coefficient (Wildman–Crippen LogP) is 3.18. The van der Waals surface area contributed by atoms with E-state index in [2.05, 4.69) is 15.4 Å². The lowest BCUT2D eigenvalue weighted by atomic mass is 10.2. The molecular formula is C19H20N2O6. The van der Waals surface area contributed by atoms with Gasteiger partial charge in [-0.1, -0.05) is 12.1 Å². The minimum atomic E-state index is -0.771.